The molecule has 122 valence electrons. The average Bonchev–Trinajstić information content (AvgIpc) is 3.08. The van der Waals surface area contributed by atoms with Crippen LogP contribution >= 0.6 is 11.8 Å². The number of aryl methyl sites for hydroxylation is 1. The van der Waals surface area contributed by atoms with Crippen LogP contribution in [0.25, 0.3) is 0 Å². The number of aromatic amines is 1. The maximum atomic E-state index is 4.39. The lowest BCUT2D eigenvalue weighted by atomic mass is 10.1. The van der Waals surface area contributed by atoms with Crippen molar-refractivity contribution in [1.29, 1.82) is 0 Å². The molecule has 0 unspecified atom stereocenters. The lowest BCUT2D eigenvalue weighted by molar-refractivity contribution is 0.972. The van der Waals surface area contributed by atoms with E-state index in [-0.39, 0.29) is 0 Å². The Morgan fingerprint density at radius 3 is 2.79 bits per heavy atom. The molecule has 0 radical (unpaired) electrons. The summed E-state index contributed by atoms with van der Waals surface area (Å²) in [5, 5.41) is 12.0. The fourth-order valence-electron chi connectivity index (χ4n) is 2.07. The zero-order chi connectivity index (χ0) is 16.8. The Kier molecular flexibility index (Phi) is 5.22. The van der Waals surface area contributed by atoms with E-state index >= 15 is 0 Å². The van der Waals surface area contributed by atoms with Crippen molar-refractivity contribution in [2.75, 3.05) is 5.43 Å². The summed E-state index contributed by atoms with van der Waals surface area (Å²) in [5.74, 6) is 1.36. The number of nitrogens with zero attached hydrogens (tertiary/aromatic N) is 4. The lowest BCUT2D eigenvalue weighted by Crippen LogP contribution is -2.00. The summed E-state index contributed by atoms with van der Waals surface area (Å²) in [7, 11) is 0. The molecule has 2 aromatic heterocycles. The molecule has 0 spiro atoms. The molecule has 2 heterocycles. The molecule has 0 aliphatic heterocycles. The number of nitrogens with one attached hydrogen (secondary N) is 2. The third-order valence-corrected chi connectivity index (χ3v) is 4.41. The van der Waals surface area contributed by atoms with Crippen molar-refractivity contribution in [2.24, 2.45) is 5.10 Å². The van der Waals surface area contributed by atoms with Gasteiger partial charge in [0.1, 0.15) is 0 Å². The first kappa shape index (κ1) is 16.2. The van der Waals surface area contributed by atoms with Gasteiger partial charge in [0, 0.05) is 23.7 Å². The van der Waals surface area contributed by atoms with Crippen molar-refractivity contribution in [1.82, 2.24) is 20.2 Å². The van der Waals surface area contributed by atoms with E-state index in [4.69, 9.17) is 0 Å². The third-order valence-electron chi connectivity index (χ3n) is 3.51. The highest BCUT2D eigenvalue weighted by Crippen LogP contribution is 2.21. The molecule has 0 saturated carbocycles. The Bertz CT molecular complexity index is 828. The van der Waals surface area contributed by atoms with E-state index in [0.29, 0.717) is 11.1 Å². The van der Waals surface area contributed by atoms with E-state index in [1.54, 1.807) is 24.2 Å². The Hall–Kier alpha value is -2.67. The number of anilines is 1. The van der Waals surface area contributed by atoms with Crippen LogP contribution in [0.3, 0.4) is 0 Å². The second-order valence-electron chi connectivity index (χ2n) is 5.23. The van der Waals surface area contributed by atoms with Gasteiger partial charge in [0.25, 0.3) is 0 Å². The van der Waals surface area contributed by atoms with Gasteiger partial charge in [-0.05, 0) is 37.1 Å². The summed E-state index contributed by atoms with van der Waals surface area (Å²) >= 11 is 1.59. The van der Waals surface area contributed by atoms with Gasteiger partial charge in [0.2, 0.25) is 11.1 Å². The summed E-state index contributed by atoms with van der Waals surface area (Å²) in [6, 6.07) is 12.1. The van der Waals surface area contributed by atoms with Crippen LogP contribution in [0.15, 0.2) is 59.0 Å². The number of H-pyrrole nitrogens is 1. The van der Waals surface area contributed by atoms with Crippen molar-refractivity contribution < 1.29 is 0 Å². The number of aromatic nitrogens is 4. The largest absolute Gasteiger partial charge is 0.265 e. The average molecular weight is 338 g/mol. The van der Waals surface area contributed by atoms with Crippen molar-refractivity contribution in [3.8, 4) is 0 Å². The van der Waals surface area contributed by atoms with Crippen LogP contribution in [-0.4, -0.2) is 25.9 Å². The number of hydrazone groups is 1. The molecule has 24 heavy (non-hydrogen) atoms. The van der Waals surface area contributed by atoms with E-state index in [2.05, 4.69) is 49.7 Å². The minimum absolute atomic E-state index is 0.524. The predicted octanol–water partition coefficient (Wildman–Crippen LogP) is 3.64. The number of benzene rings is 1. The monoisotopic (exact) mass is 338 g/mol. The summed E-state index contributed by atoms with van der Waals surface area (Å²) < 4.78 is 0. The van der Waals surface area contributed by atoms with E-state index in [0.717, 1.165) is 17.0 Å². The molecule has 6 nitrogen and oxygen atoms in total. The molecule has 0 aliphatic carbocycles. The molecule has 0 fully saturated rings. The highest BCUT2D eigenvalue weighted by atomic mass is 32.2. The van der Waals surface area contributed by atoms with Gasteiger partial charge in [-0.2, -0.15) is 10.1 Å². The molecule has 1 aromatic carbocycles. The highest BCUT2D eigenvalue weighted by Gasteiger charge is 2.05. The molecule has 2 N–H and O–H groups in total. The smallest absolute Gasteiger partial charge is 0.240 e. The minimum atomic E-state index is 0.524. The van der Waals surface area contributed by atoms with Gasteiger partial charge < -0.3 is 0 Å². The highest BCUT2D eigenvalue weighted by molar-refractivity contribution is 7.98. The minimum Gasteiger partial charge on any atom is -0.265 e. The van der Waals surface area contributed by atoms with Crippen LogP contribution in [0.1, 0.15) is 23.6 Å². The summed E-state index contributed by atoms with van der Waals surface area (Å²) in [6.45, 7) is 4.03. The first-order valence-corrected chi connectivity index (χ1v) is 8.51. The van der Waals surface area contributed by atoms with Gasteiger partial charge in [-0.1, -0.05) is 36.0 Å². The Balaban J connectivity index is 1.59. The molecular formula is C17H18N6S. The van der Waals surface area contributed by atoms with Crippen LogP contribution < -0.4 is 5.43 Å². The SMILES string of the molecule is C/C(=N/Nc1nc(SCc2ccccc2C)n[nH]1)c1ccncc1. The van der Waals surface area contributed by atoms with Crippen LogP contribution in [0.2, 0.25) is 0 Å². The van der Waals surface area contributed by atoms with Crippen molar-refractivity contribution >= 4 is 23.4 Å². The van der Waals surface area contributed by atoms with Crippen LogP contribution in [0.5, 0.6) is 0 Å². The van der Waals surface area contributed by atoms with Gasteiger partial charge in [0.05, 0.1) is 5.71 Å². The summed E-state index contributed by atoms with van der Waals surface area (Å²) in [5.41, 5.74) is 7.31. The van der Waals surface area contributed by atoms with Gasteiger partial charge in [-0.3, -0.25) is 4.98 Å². The van der Waals surface area contributed by atoms with E-state index in [9.17, 15) is 0 Å². The van der Waals surface area contributed by atoms with E-state index in [1.165, 1.54) is 11.1 Å². The first-order valence-electron chi connectivity index (χ1n) is 7.53. The number of hydrogen-bond acceptors (Lipinski definition) is 6. The quantitative estimate of drug-likeness (QED) is 0.407. The molecule has 0 amide bonds. The normalized spacial score (nSPS) is 11.5. The van der Waals surface area contributed by atoms with E-state index in [1.807, 2.05) is 31.2 Å². The van der Waals surface area contributed by atoms with Crippen molar-refractivity contribution in [3.05, 3.63) is 65.5 Å². The topological polar surface area (TPSA) is 78.9 Å². The lowest BCUT2D eigenvalue weighted by Gasteiger charge is -2.02. The van der Waals surface area contributed by atoms with Crippen LogP contribution in [-0.2, 0) is 5.75 Å². The Labute approximate surface area is 144 Å². The van der Waals surface area contributed by atoms with Gasteiger partial charge in [-0.25, -0.2) is 10.5 Å². The third kappa shape index (κ3) is 4.20. The van der Waals surface area contributed by atoms with E-state index < -0.39 is 0 Å². The standard InChI is InChI=1S/C17H18N6S/c1-12-5-3-4-6-15(12)11-24-17-19-16(22-23-17)21-20-13(2)14-7-9-18-10-8-14/h3-10H,11H2,1-2H3,(H2,19,21,22,23)/b20-13-. The van der Waals surface area contributed by atoms with Gasteiger partial charge in [-0.15, -0.1) is 5.10 Å². The number of rotatable bonds is 6. The fourth-order valence-corrected chi connectivity index (χ4v) is 2.94. The molecule has 3 aromatic rings. The fraction of sp³-hybridized carbons (Fsp3) is 0.176. The van der Waals surface area contributed by atoms with Crippen LogP contribution in [0, 0.1) is 6.92 Å². The van der Waals surface area contributed by atoms with Gasteiger partial charge >= 0.3 is 0 Å². The molecule has 7 heteroatoms. The predicted molar refractivity (Wildman–Crippen MR) is 97.2 cm³/mol. The Morgan fingerprint density at radius 2 is 2.00 bits per heavy atom. The second kappa shape index (κ2) is 7.74. The Morgan fingerprint density at radius 1 is 1.21 bits per heavy atom. The number of pyridine rings is 1. The van der Waals surface area contributed by atoms with Crippen molar-refractivity contribution in [2.45, 2.75) is 24.8 Å². The van der Waals surface area contributed by atoms with Crippen LogP contribution in [0.4, 0.5) is 5.95 Å². The molecule has 0 atom stereocenters. The summed E-state index contributed by atoms with van der Waals surface area (Å²) in [6.07, 6.45) is 3.48. The second-order valence-corrected chi connectivity index (χ2v) is 6.17. The molecular weight excluding hydrogens is 320 g/mol. The summed E-state index contributed by atoms with van der Waals surface area (Å²) in [4.78, 5) is 8.38. The number of hydrogen-bond donors (Lipinski definition) is 2. The van der Waals surface area contributed by atoms with Crippen molar-refractivity contribution in [3.63, 3.8) is 0 Å². The zero-order valence-electron chi connectivity index (χ0n) is 13.5. The maximum Gasteiger partial charge on any atom is 0.240 e. The zero-order valence-corrected chi connectivity index (χ0v) is 14.3. The number of thioether (sulfide) groups is 1. The first-order chi connectivity index (χ1) is 11.7. The molecule has 0 saturated heterocycles. The molecule has 3 rings (SSSR count). The molecule has 0 aliphatic rings. The molecule has 0 bridgehead atoms. The maximum absolute atomic E-state index is 4.39. The van der Waals surface area contributed by atoms with Gasteiger partial charge in [0.15, 0.2) is 0 Å².